The van der Waals surface area contributed by atoms with E-state index in [0.29, 0.717) is 17.0 Å². The average molecular weight is 289 g/mol. The second-order valence-electron chi connectivity index (χ2n) is 4.65. The first-order valence-electron chi connectivity index (χ1n) is 6.80. The van der Waals surface area contributed by atoms with Gasteiger partial charge in [0.1, 0.15) is 5.75 Å². The third kappa shape index (κ3) is 3.53. The van der Waals surface area contributed by atoms with E-state index in [1.54, 1.807) is 36.3 Å². The van der Waals surface area contributed by atoms with Crippen LogP contribution in [0.3, 0.4) is 0 Å². The van der Waals surface area contributed by atoms with Gasteiger partial charge in [-0.3, -0.25) is 4.68 Å². The molecule has 0 saturated heterocycles. The van der Waals surface area contributed by atoms with Crippen molar-refractivity contribution in [2.24, 2.45) is 0 Å². The molecule has 0 spiro atoms. The van der Waals surface area contributed by atoms with Gasteiger partial charge in [-0.15, -0.1) is 0 Å². The Bertz CT molecular complexity index is 610. The van der Waals surface area contributed by atoms with Crippen molar-refractivity contribution in [3.8, 4) is 5.75 Å². The highest BCUT2D eigenvalue weighted by Crippen LogP contribution is 2.27. The van der Waals surface area contributed by atoms with Crippen LogP contribution in [-0.4, -0.2) is 28.0 Å². The number of carboxylic acids is 1. The summed E-state index contributed by atoms with van der Waals surface area (Å²) in [4.78, 5) is 11.5. The Hall–Kier alpha value is -2.50. The first-order valence-corrected chi connectivity index (χ1v) is 6.80. The summed E-state index contributed by atoms with van der Waals surface area (Å²) >= 11 is 0. The summed E-state index contributed by atoms with van der Waals surface area (Å²) in [6.07, 6.45) is 4.28. The van der Waals surface area contributed by atoms with Crippen molar-refractivity contribution in [1.82, 2.24) is 9.78 Å². The first-order chi connectivity index (χ1) is 10.2. The summed E-state index contributed by atoms with van der Waals surface area (Å²) in [5.41, 5.74) is 1.25. The fourth-order valence-electron chi connectivity index (χ4n) is 2.09. The van der Waals surface area contributed by atoms with Gasteiger partial charge in [0.2, 0.25) is 0 Å². The van der Waals surface area contributed by atoms with E-state index in [1.165, 1.54) is 0 Å². The Labute approximate surface area is 123 Å². The molecule has 0 amide bonds. The van der Waals surface area contributed by atoms with Crippen LogP contribution in [0.1, 0.15) is 24.9 Å². The molecular weight excluding hydrogens is 270 g/mol. The fourth-order valence-corrected chi connectivity index (χ4v) is 2.09. The van der Waals surface area contributed by atoms with Crippen LogP contribution in [0, 0.1) is 0 Å². The number of anilines is 1. The highest BCUT2D eigenvalue weighted by molar-refractivity contribution is 5.80. The number of carboxylic acid groups (broad SMARTS) is 1. The molecule has 112 valence electrons. The molecule has 0 bridgehead atoms. The predicted octanol–water partition coefficient (Wildman–Crippen LogP) is 2.54. The molecule has 1 atom stereocenters. The molecule has 2 rings (SSSR count). The van der Waals surface area contributed by atoms with E-state index in [-0.39, 0.29) is 0 Å². The zero-order chi connectivity index (χ0) is 15.2. The Kier molecular flexibility index (Phi) is 4.81. The lowest BCUT2D eigenvalue weighted by Crippen LogP contribution is -2.20. The van der Waals surface area contributed by atoms with Crippen molar-refractivity contribution in [3.63, 3.8) is 0 Å². The van der Waals surface area contributed by atoms with Gasteiger partial charge >= 0.3 is 5.97 Å². The smallest absolute Gasteiger partial charge is 0.330 e. The monoisotopic (exact) mass is 289 g/mol. The van der Waals surface area contributed by atoms with E-state index in [4.69, 9.17) is 4.74 Å². The van der Waals surface area contributed by atoms with Gasteiger partial charge in [0.05, 0.1) is 19.0 Å². The van der Waals surface area contributed by atoms with Crippen LogP contribution in [0.4, 0.5) is 5.69 Å². The molecule has 1 aromatic carbocycles. The second kappa shape index (κ2) is 6.78. The van der Waals surface area contributed by atoms with Gasteiger partial charge in [0.25, 0.3) is 0 Å². The quantitative estimate of drug-likeness (QED) is 0.819. The lowest BCUT2D eigenvalue weighted by atomic mass is 10.1. The number of nitrogens with one attached hydrogen (secondary N) is 1. The molecule has 0 aliphatic carbocycles. The Balaban J connectivity index is 2.24. The van der Waals surface area contributed by atoms with Crippen molar-refractivity contribution in [3.05, 3.63) is 42.2 Å². The molecule has 1 aromatic heterocycles. The first kappa shape index (κ1) is 14.9. The zero-order valence-corrected chi connectivity index (χ0v) is 12.1. The number of aliphatic carboxylic acids is 1. The number of hydrogen-bond acceptors (Lipinski definition) is 4. The molecular formula is C15H19N3O3. The molecule has 6 heteroatoms. The average Bonchev–Trinajstić information content (AvgIpc) is 2.93. The fraction of sp³-hybridized carbons (Fsp3) is 0.333. The summed E-state index contributed by atoms with van der Waals surface area (Å²) in [5.74, 6) is -0.360. The van der Waals surface area contributed by atoms with E-state index >= 15 is 0 Å². The van der Waals surface area contributed by atoms with Crippen molar-refractivity contribution < 1.29 is 14.6 Å². The van der Waals surface area contributed by atoms with E-state index in [9.17, 15) is 9.90 Å². The number of hydrogen-bond donors (Lipinski definition) is 2. The molecule has 2 N–H and O–H groups in total. The van der Waals surface area contributed by atoms with Crippen LogP contribution < -0.4 is 10.1 Å². The van der Waals surface area contributed by atoms with Gasteiger partial charge in [-0.1, -0.05) is 19.1 Å². The number of aromatic nitrogens is 2. The van der Waals surface area contributed by atoms with Gasteiger partial charge in [0.15, 0.2) is 6.04 Å². The normalized spacial score (nSPS) is 11.9. The summed E-state index contributed by atoms with van der Waals surface area (Å²) < 4.78 is 6.97. The largest absolute Gasteiger partial charge is 0.495 e. The van der Waals surface area contributed by atoms with Gasteiger partial charge in [-0.25, -0.2) is 4.79 Å². The second-order valence-corrected chi connectivity index (χ2v) is 4.65. The number of methoxy groups -OCH3 is 1. The number of rotatable bonds is 7. The minimum absolute atomic E-state index is 0.602. The number of carbonyl (C=O) groups is 1. The number of nitrogens with zero attached hydrogens (tertiary/aromatic N) is 2. The maximum absolute atomic E-state index is 11.5. The molecule has 0 saturated carbocycles. The maximum atomic E-state index is 11.5. The van der Waals surface area contributed by atoms with Crippen molar-refractivity contribution >= 4 is 11.7 Å². The predicted molar refractivity (Wildman–Crippen MR) is 79.5 cm³/mol. The molecule has 6 nitrogen and oxygen atoms in total. The molecule has 0 aliphatic rings. The Morgan fingerprint density at radius 3 is 2.90 bits per heavy atom. The van der Waals surface area contributed by atoms with Crippen molar-refractivity contribution in [1.29, 1.82) is 0 Å². The minimum Gasteiger partial charge on any atom is -0.495 e. The number of ether oxygens (including phenoxy) is 1. The summed E-state index contributed by atoms with van der Waals surface area (Å²) in [6.45, 7) is 2.81. The highest BCUT2D eigenvalue weighted by atomic mass is 16.5. The van der Waals surface area contributed by atoms with Gasteiger partial charge in [-0.05, 0) is 18.6 Å². The standard InChI is InChI=1S/C15H19N3O3/c1-3-8-18-10-11(9-16-18)14(15(19)20)17-12-6-4-5-7-13(12)21-2/h4-7,9-10,14,17H,3,8H2,1-2H3,(H,19,20). The Morgan fingerprint density at radius 1 is 1.48 bits per heavy atom. The van der Waals surface area contributed by atoms with Crippen LogP contribution in [-0.2, 0) is 11.3 Å². The molecule has 21 heavy (non-hydrogen) atoms. The maximum Gasteiger partial charge on any atom is 0.330 e. The van der Waals surface area contributed by atoms with E-state index in [1.807, 2.05) is 19.1 Å². The molecule has 1 unspecified atom stereocenters. The van der Waals surface area contributed by atoms with Crippen LogP contribution in [0.15, 0.2) is 36.7 Å². The van der Waals surface area contributed by atoms with Crippen molar-refractivity contribution in [2.75, 3.05) is 12.4 Å². The summed E-state index contributed by atoms with van der Waals surface area (Å²) in [6, 6.07) is 6.35. The Morgan fingerprint density at radius 2 is 2.24 bits per heavy atom. The third-order valence-electron chi connectivity index (χ3n) is 3.09. The van der Waals surface area contributed by atoms with Crippen LogP contribution in [0.2, 0.25) is 0 Å². The minimum atomic E-state index is -0.961. The van der Waals surface area contributed by atoms with Crippen LogP contribution in [0.5, 0.6) is 5.75 Å². The number of para-hydroxylation sites is 2. The van der Waals surface area contributed by atoms with Gasteiger partial charge < -0.3 is 15.2 Å². The van der Waals surface area contributed by atoms with E-state index in [2.05, 4.69) is 10.4 Å². The number of benzene rings is 1. The lowest BCUT2D eigenvalue weighted by Gasteiger charge is -2.16. The SMILES string of the molecule is CCCn1cc(C(Nc2ccccc2OC)C(=O)O)cn1. The lowest BCUT2D eigenvalue weighted by molar-refractivity contribution is -0.138. The molecule has 1 heterocycles. The van der Waals surface area contributed by atoms with Crippen LogP contribution in [0.25, 0.3) is 0 Å². The van der Waals surface area contributed by atoms with E-state index < -0.39 is 12.0 Å². The highest BCUT2D eigenvalue weighted by Gasteiger charge is 2.22. The summed E-state index contributed by atoms with van der Waals surface area (Å²) in [5, 5.41) is 16.6. The van der Waals surface area contributed by atoms with Crippen molar-refractivity contribution in [2.45, 2.75) is 25.9 Å². The van der Waals surface area contributed by atoms with Crippen LogP contribution >= 0.6 is 0 Å². The third-order valence-corrected chi connectivity index (χ3v) is 3.09. The van der Waals surface area contributed by atoms with E-state index in [0.717, 1.165) is 13.0 Å². The molecule has 0 radical (unpaired) electrons. The molecule has 0 aliphatic heterocycles. The van der Waals surface area contributed by atoms with Gasteiger partial charge in [0, 0.05) is 18.3 Å². The molecule has 2 aromatic rings. The zero-order valence-electron chi connectivity index (χ0n) is 12.1. The van der Waals surface area contributed by atoms with Gasteiger partial charge in [-0.2, -0.15) is 5.10 Å². The summed E-state index contributed by atoms with van der Waals surface area (Å²) in [7, 11) is 1.55. The molecule has 0 fully saturated rings. The number of aryl methyl sites for hydroxylation is 1. The topological polar surface area (TPSA) is 76.4 Å².